The van der Waals surface area contributed by atoms with Crippen LogP contribution in [0.15, 0.2) is 97.5 Å². The van der Waals surface area contributed by atoms with Gasteiger partial charge in [-0.1, -0.05) is 60.2 Å². The van der Waals surface area contributed by atoms with Gasteiger partial charge in [-0.25, -0.2) is 14.4 Å². The normalized spacial score (nSPS) is 13.9. The predicted molar refractivity (Wildman–Crippen MR) is 153 cm³/mol. The molecule has 3 heterocycles. The Morgan fingerprint density at radius 1 is 0.872 bits per heavy atom. The number of hydrogen-bond donors (Lipinski definition) is 0. The number of rotatable bonds is 5. The average molecular weight is 518 g/mol. The fourth-order valence-electron chi connectivity index (χ4n) is 5.01. The van der Waals surface area contributed by atoms with E-state index in [2.05, 4.69) is 59.0 Å². The fourth-order valence-corrected chi connectivity index (χ4v) is 5.01. The highest BCUT2D eigenvalue weighted by Crippen LogP contribution is 2.37. The molecular formula is C32H28FN5O. The fraction of sp³-hybridized carbons (Fsp3) is 0.156. The van der Waals surface area contributed by atoms with Gasteiger partial charge in [-0.05, 0) is 48.4 Å². The van der Waals surface area contributed by atoms with Crippen molar-refractivity contribution in [2.45, 2.75) is 6.92 Å². The summed E-state index contributed by atoms with van der Waals surface area (Å²) in [7, 11) is 0. The lowest BCUT2D eigenvalue weighted by atomic mass is 10.1. The highest BCUT2D eigenvalue weighted by Gasteiger charge is 2.25. The monoisotopic (exact) mass is 517 g/mol. The van der Waals surface area contributed by atoms with Gasteiger partial charge in [-0.3, -0.25) is 4.79 Å². The van der Waals surface area contributed by atoms with Crippen molar-refractivity contribution in [2.75, 3.05) is 31.1 Å². The molecule has 0 bridgehead atoms. The van der Waals surface area contributed by atoms with E-state index < -0.39 is 0 Å². The van der Waals surface area contributed by atoms with E-state index in [1.165, 1.54) is 17.7 Å². The molecule has 0 N–H and O–H groups in total. The van der Waals surface area contributed by atoms with E-state index in [9.17, 15) is 9.18 Å². The molecule has 0 unspecified atom stereocenters. The summed E-state index contributed by atoms with van der Waals surface area (Å²) in [6.07, 6.45) is 7.05. The molecule has 7 heteroatoms. The standard InChI is InChI=1S/C32H28FN5O/c1-23-7-14-27(15-8-23)38-21-28(25-5-3-2-4-6-25)30-31(34-22-35-32(30)38)37-19-17-36(18-20-37)29(39)16-11-24-9-12-26(33)13-10-24/h2-16,21-22H,17-20H2,1H3/b16-11+. The van der Waals surface area contributed by atoms with E-state index in [0.29, 0.717) is 26.2 Å². The van der Waals surface area contributed by atoms with Crippen LogP contribution in [0.1, 0.15) is 11.1 Å². The molecule has 1 aliphatic rings. The van der Waals surface area contributed by atoms with Crippen LogP contribution in [0.3, 0.4) is 0 Å². The number of carbonyl (C=O) groups is 1. The minimum absolute atomic E-state index is 0.0534. The van der Waals surface area contributed by atoms with Crippen molar-refractivity contribution in [3.8, 4) is 16.8 Å². The SMILES string of the molecule is Cc1ccc(-n2cc(-c3ccccc3)c3c(N4CCN(C(=O)/C=C/c5ccc(F)cc5)CC4)ncnc32)cc1. The highest BCUT2D eigenvalue weighted by atomic mass is 19.1. The Kier molecular flexibility index (Phi) is 6.63. The predicted octanol–water partition coefficient (Wildman–Crippen LogP) is 5.90. The first-order valence-corrected chi connectivity index (χ1v) is 13.0. The van der Waals surface area contributed by atoms with Gasteiger partial charge in [0.15, 0.2) is 5.65 Å². The summed E-state index contributed by atoms with van der Waals surface area (Å²) in [6.45, 7) is 4.56. The molecule has 3 aromatic carbocycles. The second kappa shape index (κ2) is 10.5. The molecule has 2 aromatic heterocycles. The maximum Gasteiger partial charge on any atom is 0.246 e. The van der Waals surface area contributed by atoms with Crippen molar-refractivity contribution >= 4 is 28.8 Å². The number of piperazine rings is 1. The van der Waals surface area contributed by atoms with Crippen LogP contribution in [-0.4, -0.2) is 51.5 Å². The molecule has 0 saturated carbocycles. The van der Waals surface area contributed by atoms with Crippen molar-refractivity contribution in [1.82, 2.24) is 19.4 Å². The lowest BCUT2D eigenvalue weighted by Crippen LogP contribution is -2.48. The molecule has 0 atom stereocenters. The second-order valence-electron chi connectivity index (χ2n) is 9.71. The van der Waals surface area contributed by atoms with E-state index in [1.54, 1.807) is 30.6 Å². The third-order valence-corrected chi connectivity index (χ3v) is 7.14. The topological polar surface area (TPSA) is 54.3 Å². The molecule has 1 fully saturated rings. The highest BCUT2D eigenvalue weighted by molar-refractivity contribution is 6.02. The number of nitrogens with zero attached hydrogens (tertiary/aromatic N) is 5. The number of amides is 1. The maximum atomic E-state index is 13.2. The van der Waals surface area contributed by atoms with Crippen LogP contribution in [0.4, 0.5) is 10.2 Å². The van der Waals surface area contributed by atoms with Crippen LogP contribution in [0.5, 0.6) is 0 Å². The Balaban J connectivity index is 1.29. The van der Waals surface area contributed by atoms with Gasteiger partial charge in [0.05, 0.1) is 5.39 Å². The molecular weight excluding hydrogens is 489 g/mol. The Morgan fingerprint density at radius 3 is 2.31 bits per heavy atom. The first-order chi connectivity index (χ1) is 19.1. The van der Waals surface area contributed by atoms with Gasteiger partial charge < -0.3 is 14.4 Å². The van der Waals surface area contributed by atoms with Crippen molar-refractivity contribution in [2.24, 2.45) is 0 Å². The van der Waals surface area contributed by atoms with Gasteiger partial charge in [0, 0.05) is 49.7 Å². The number of carbonyl (C=O) groups excluding carboxylic acids is 1. The molecule has 39 heavy (non-hydrogen) atoms. The minimum Gasteiger partial charge on any atom is -0.352 e. The molecule has 1 saturated heterocycles. The zero-order chi connectivity index (χ0) is 26.8. The summed E-state index contributed by atoms with van der Waals surface area (Å²) in [5.74, 6) is 0.527. The summed E-state index contributed by atoms with van der Waals surface area (Å²) in [5.41, 5.74) is 6.06. The quantitative estimate of drug-likeness (QED) is 0.273. The lowest BCUT2D eigenvalue weighted by molar-refractivity contribution is -0.126. The summed E-state index contributed by atoms with van der Waals surface area (Å²) >= 11 is 0. The van der Waals surface area contributed by atoms with Gasteiger partial charge in [0.25, 0.3) is 0 Å². The first-order valence-electron chi connectivity index (χ1n) is 13.0. The average Bonchev–Trinajstić information content (AvgIpc) is 3.38. The zero-order valence-electron chi connectivity index (χ0n) is 21.7. The van der Waals surface area contributed by atoms with E-state index >= 15 is 0 Å². The van der Waals surface area contributed by atoms with Gasteiger partial charge in [0.2, 0.25) is 5.91 Å². The summed E-state index contributed by atoms with van der Waals surface area (Å²) in [5, 5.41) is 1.00. The summed E-state index contributed by atoms with van der Waals surface area (Å²) < 4.78 is 15.3. The number of benzene rings is 3. The molecule has 194 valence electrons. The minimum atomic E-state index is -0.293. The molecule has 0 aliphatic carbocycles. The molecule has 6 nitrogen and oxygen atoms in total. The second-order valence-corrected chi connectivity index (χ2v) is 9.71. The zero-order valence-corrected chi connectivity index (χ0v) is 21.7. The summed E-state index contributed by atoms with van der Waals surface area (Å²) in [6, 6.07) is 24.8. The maximum absolute atomic E-state index is 13.2. The van der Waals surface area contributed by atoms with Gasteiger partial charge in [-0.2, -0.15) is 0 Å². The molecule has 6 rings (SSSR count). The summed E-state index contributed by atoms with van der Waals surface area (Å²) in [4.78, 5) is 26.4. The third kappa shape index (κ3) is 5.03. The van der Waals surface area contributed by atoms with Crippen molar-refractivity contribution in [3.63, 3.8) is 0 Å². The Labute approximate surface area is 226 Å². The number of aromatic nitrogens is 3. The van der Waals surface area contributed by atoms with Crippen LogP contribution < -0.4 is 4.90 Å². The molecule has 1 aliphatic heterocycles. The molecule has 5 aromatic rings. The van der Waals surface area contributed by atoms with Gasteiger partial charge in [0.1, 0.15) is 18.0 Å². The smallest absolute Gasteiger partial charge is 0.246 e. The number of anilines is 1. The van der Waals surface area contributed by atoms with Crippen LogP contribution in [0.2, 0.25) is 0 Å². The number of halogens is 1. The van der Waals surface area contributed by atoms with Crippen LogP contribution >= 0.6 is 0 Å². The van der Waals surface area contributed by atoms with E-state index in [4.69, 9.17) is 9.97 Å². The first kappa shape index (κ1) is 24.6. The molecule has 0 spiro atoms. The van der Waals surface area contributed by atoms with Crippen molar-refractivity contribution < 1.29 is 9.18 Å². The Hall–Kier alpha value is -4.78. The molecule has 1 amide bonds. The van der Waals surface area contributed by atoms with E-state index in [1.807, 2.05) is 23.1 Å². The van der Waals surface area contributed by atoms with E-state index in [0.717, 1.165) is 39.2 Å². The van der Waals surface area contributed by atoms with Crippen LogP contribution in [0, 0.1) is 12.7 Å². The van der Waals surface area contributed by atoms with Gasteiger partial charge in [-0.15, -0.1) is 0 Å². The Morgan fingerprint density at radius 2 is 1.59 bits per heavy atom. The Bertz CT molecular complexity index is 1630. The molecule has 0 radical (unpaired) electrons. The van der Waals surface area contributed by atoms with Crippen molar-refractivity contribution in [3.05, 3.63) is 114 Å². The number of hydrogen-bond acceptors (Lipinski definition) is 4. The van der Waals surface area contributed by atoms with E-state index in [-0.39, 0.29) is 11.7 Å². The van der Waals surface area contributed by atoms with Crippen LogP contribution in [-0.2, 0) is 4.79 Å². The third-order valence-electron chi connectivity index (χ3n) is 7.14. The van der Waals surface area contributed by atoms with Crippen LogP contribution in [0.25, 0.3) is 33.9 Å². The number of aryl methyl sites for hydroxylation is 1. The van der Waals surface area contributed by atoms with Gasteiger partial charge >= 0.3 is 0 Å². The largest absolute Gasteiger partial charge is 0.352 e. The lowest BCUT2D eigenvalue weighted by Gasteiger charge is -2.35. The number of fused-ring (bicyclic) bond motifs is 1. The van der Waals surface area contributed by atoms with Crippen molar-refractivity contribution in [1.29, 1.82) is 0 Å².